The molecule has 1 aliphatic heterocycles. The highest BCUT2D eigenvalue weighted by molar-refractivity contribution is 5.80. The number of benzene rings is 1. The molecule has 1 aromatic carbocycles. The Labute approximate surface area is 155 Å². The van der Waals surface area contributed by atoms with Crippen molar-refractivity contribution in [3.8, 4) is 0 Å². The van der Waals surface area contributed by atoms with E-state index < -0.39 is 0 Å². The molecule has 6 heteroatoms. The van der Waals surface area contributed by atoms with Gasteiger partial charge < -0.3 is 24.1 Å². The Morgan fingerprint density at radius 1 is 1.38 bits per heavy atom. The zero-order valence-electron chi connectivity index (χ0n) is 15.7. The fraction of sp³-hybridized carbons (Fsp3) is 0.550. The minimum atomic E-state index is 0.267. The molecule has 0 spiro atoms. The van der Waals surface area contributed by atoms with Gasteiger partial charge in [-0.05, 0) is 31.9 Å². The van der Waals surface area contributed by atoms with Crippen LogP contribution < -0.4 is 5.32 Å². The van der Waals surface area contributed by atoms with E-state index in [1.54, 1.807) is 0 Å². The molecule has 1 aromatic heterocycles. The SMILES string of the molecule is CCNC(=NCCOCC1CCCO1)N(C)Cc1cc2ccccc2o1. The van der Waals surface area contributed by atoms with Crippen molar-refractivity contribution in [1.29, 1.82) is 0 Å². The molecule has 1 aliphatic rings. The summed E-state index contributed by atoms with van der Waals surface area (Å²) < 4.78 is 17.1. The third-order valence-electron chi connectivity index (χ3n) is 4.39. The van der Waals surface area contributed by atoms with Crippen LogP contribution in [0.4, 0.5) is 0 Å². The number of nitrogens with one attached hydrogen (secondary N) is 1. The number of ether oxygens (including phenoxy) is 2. The molecule has 1 saturated heterocycles. The first-order chi connectivity index (χ1) is 12.8. The van der Waals surface area contributed by atoms with Crippen molar-refractivity contribution in [1.82, 2.24) is 10.2 Å². The van der Waals surface area contributed by atoms with Crippen LogP contribution in [0.15, 0.2) is 39.7 Å². The summed E-state index contributed by atoms with van der Waals surface area (Å²) in [5.74, 6) is 1.78. The summed E-state index contributed by atoms with van der Waals surface area (Å²) in [6.45, 7) is 6.31. The average Bonchev–Trinajstić information content (AvgIpc) is 3.29. The topological polar surface area (TPSA) is 59.2 Å². The molecule has 1 atom stereocenters. The van der Waals surface area contributed by atoms with Gasteiger partial charge in [0.2, 0.25) is 0 Å². The second-order valence-corrected chi connectivity index (χ2v) is 6.55. The predicted octanol–water partition coefficient (Wildman–Crippen LogP) is 3.03. The van der Waals surface area contributed by atoms with Gasteiger partial charge in [0.15, 0.2) is 5.96 Å². The molecule has 1 N–H and O–H groups in total. The van der Waals surface area contributed by atoms with E-state index in [1.165, 1.54) is 0 Å². The Morgan fingerprint density at radius 3 is 3.04 bits per heavy atom. The van der Waals surface area contributed by atoms with Crippen LogP contribution in [-0.2, 0) is 16.0 Å². The predicted molar refractivity (Wildman–Crippen MR) is 103 cm³/mol. The number of nitrogens with zero attached hydrogens (tertiary/aromatic N) is 2. The third-order valence-corrected chi connectivity index (χ3v) is 4.39. The van der Waals surface area contributed by atoms with E-state index in [0.717, 1.165) is 48.7 Å². The summed E-state index contributed by atoms with van der Waals surface area (Å²) in [7, 11) is 2.02. The maximum atomic E-state index is 5.90. The van der Waals surface area contributed by atoms with Crippen LogP contribution in [0, 0.1) is 0 Å². The zero-order valence-corrected chi connectivity index (χ0v) is 15.7. The smallest absolute Gasteiger partial charge is 0.194 e. The highest BCUT2D eigenvalue weighted by Crippen LogP contribution is 2.19. The maximum absolute atomic E-state index is 5.90. The fourth-order valence-electron chi connectivity index (χ4n) is 3.10. The first kappa shape index (κ1) is 18.7. The van der Waals surface area contributed by atoms with Crippen LogP contribution in [0.2, 0.25) is 0 Å². The molecule has 26 heavy (non-hydrogen) atoms. The zero-order chi connectivity index (χ0) is 18.2. The molecule has 0 bridgehead atoms. The van der Waals surface area contributed by atoms with Crippen molar-refractivity contribution in [3.63, 3.8) is 0 Å². The van der Waals surface area contributed by atoms with Crippen LogP contribution in [0.5, 0.6) is 0 Å². The summed E-state index contributed by atoms with van der Waals surface area (Å²) in [6, 6.07) is 10.1. The Balaban J connectivity index is 1.50. The lowest BCUT2D eigenvalue weighted by molar-refractivity contribution is 0.0199. The molecule has 1 unspecified atom stereocenters. The van der Waals surface area contributed by atoms with Gasteiger partial charge in [0.1, 0.15) is 11.3 Å². The van der Waals surface area contributed by atoms with E-state index in [4.69, 9.17) is 13.9 Å². The van der Waals surface area contributed by atoms with E-state index >= 15 is 0 Å². The molecule has 1 fully saturated rings. The van der Waals surface area contributed by atoms with Gasteiger partial charge in [0, 0.05) is 25.6 Å². The molecular weight excluding hydrogens is 330 g/mol. The van der Waals surface area contributed by atoms with Crippen molar-refractivity contribution >= 4 is 16.9 Å². The number of rotatable bonds is 8. The molecule has 0 radical (unpaired) electrons. The Kier molecular flexibility index (Phi) is 6.91. The molecular formula is C20H29N3O3. The molecule has 2 aromatic rings. The third kappa shape index (κ3) is 5.22. The number of hydrogen-bond acceptors (Lipinski definition) is 4. The van der Waals surface area contributed by atoms with Gasteiger partial charge in [-0.1, -0.05) is 18.2 Å². The van der Waals surface area contributed by atoms with Crippen molar-refractivity contribution < 1.29 is 13.9 Å². The quantitative estimate of drug-likeness (QED) is 0.446. The van der Waals surface area contributed by atoms with Crippen molar-refractivity contribution in [2.24, 2.45) is 4.99 Å². The van der Waals surface area contributed by atoms with E-state index in [2.05, 4.69) is 34.3 Å². The van der Waals surface area contributed by atoms with Gasteiger partial charge in [-0.3, -0.25) is 4.99 Å². The summed E-state index contributed by atoms with van der Waals surface area (Å²) in [5, 5.41) is 4.45. The van der Waals surface area contributed by atoms with Crippen molar-refractivity contribution in [2.75, 3.05) is 40.0 Å². The molecule has 2 heterocycles. The number of hydrogen-bond donors (Lipinski definition) is 1. The summed E-state index contributed by atoms with van der Waals surface area (Å²) >= 11 is 0. The number of furan rings is 1. The van der Waals surface area contributed by atoms with E-state index in [0.29, 0.717) is 26.3 Å². The second-order valence-electron chi connectivity index (χ2n) is 6.55. The van der Waals surface area contributed by atoms with Gasteiger partial charge in [0.05, 0.1) is 32.4 Å². The molecule has 0 amide bonds. The monoisotopic (exact) mass is 359 g/mol. The lowest BCUT2D eigenvalue weighted by Crippen LogP contribution is -2.38. The Bertz CT molecular complexity index is 674. The minimum Gasteiger partial charge on any atom is -0.459 e. The highest BCUT2D eigenvalue weighted by Gasteiger charge is 2.15. The molecule has 0 saturated carbocycles. The lowest BCUT2D eigenvalue weighted by atomic mass is 10.2. The van der Waals surface area contributed by atoms with E-state index in [1.807, 2.05) is 25.2 Å². The van der Waals surface area contributed by atoms with Gasteiger partial charge in [-0.15, -0.1) is 0 Å². The standard InChI is InChI=1S/C20H29N3O3/c1-3-21-20(22-10-12-24-15-17-8-6-11-25-17)23(2)14-18-13-16-7-4-5-9-19(16)26-18/h4-5,7,9,13,17H,3,6,8,10-12,14-15H2,1-2H3,(H,21,22). The summed E-state index contributed by atoms with van der Waals surface area (Å²) in [6.07, 6.45) is 2.51. The number of para-hydroxylation sites is 1. The number of guanidine groups is 1. The van der Waals surface area contributed by atoms with Crippen LogP contribution in [0.1, 0.15) is 25.5 Å². The van der Waals surface area contributed by atoms with Crippen molar-refractivity contribution in [2.45, 2.75) is 32.4 Å². The molecule has 6 nitrogen and oxygen atoms in total. The normalized spacial score (nSPS) is 17.8. The first-order valence-electron chi connectivity index (χ1n) is 9.42. The van der Waals surface area contributed by atoms with Crippen LogP contribution in [0.3, 0.4) is 0 Å². The second kappa shape index (κ2) is 9.59. The molecule has 142 valence electrons. The van der Waals surface area contributed by atoms with Crippen LogP contribution in [-0.4, -0.2) is 56.9 Å². The summed E-state index contributed by atoms with van der Waals surface area (Å²) in [4.78, 5) is 6.72. The largest absolute Gasteiger partial charge is 0.459 e. The van der Waals surface area contributed by atoms with Gasteiger partial charge in [-0.2, -0.15) is 0 Å². The number of aliphatic imine (C=N–C) groups is 1. The van der Waals surface area contributed by atoms with E-state index in [9.17, 15) is 0 Å². The van der Waals surface area contributed by atoms with Crippen LogP contribution in [0.25, 0.3) is 11.0 Å². The first-order valence-corrected chi connectivity index (χ1v) is 9.42. The maximum Gasteiger partial charge on any atom is 0.194 e. The fourth-order valence-corrected chi connectivity index (χ4v) is 3.10. The molecule has 0 aliphatic carbocycles. The van der Waals surface area contributed by atoms with Gasteiger partial charge in [-0.25, -0.2) is 0 Å². The van der Waals surface area contributed by atoms with Crippen LogP contribution >= 0.6 is 0 Å². The van der Waals surface area contributed by atoms with Crippen molar-refractivity contribution in [3.05, 3.63) is 36.1 Å². The van der Waals surface area contributed by atoms with Gasteiger partial charge in [0.25, 0.3) is 0 Å². The minimum absolute atomic E-state index is 0.267. The summed E-state index contributed by atoms with van der Waals surface area (Å²) in [5.41, 5.74) is 0.917. The Hall–Kier alpha value is -2.05. The average molecular weight is 359 g/mol. The van der Waals surface area contributed by atoms with E-state index in [-0.39, 0.29) is 6.10 Å². The molecule has 3 rings (SSSR count). The lowest BCUT2D eigenvalue weighted by Gasteiger charge is -2.21. The Morgan fingerprint density at radius 2 is 2.27 bits per heavy atom. The number of fused-ring (bicyclic) bond motifs is 1. The highest BCUT2D eigenvalue weighted by atomic mass is 16.5. The van der Waals surface area contributed by atoms with Gasteiger partial charge >= 0.3 is 0 Å².